The van der Waals surface area contributed by atoms with Crippen molar-refractivity contribution < 1.29 is 9.90 Å². The van der Waals surface area contributed by atoms with E-state index in [2.05, 4.69) is 20.2 Å². The lowest BCUT2D eigenvalue weighted by atomic mass is 10.2. The molecule has 2 heterocycles. The first-order chi connectivity index (χ1) is 9.63. The molecule has 3 aromatic rings. The molecule has 20 heavy (non-hydrogen) atoms. The molecule has 3 rings (SSSR count). The highest BCUT2D eigenvalue weighted by atomic mass is 16.4. The summed E-state index contributed by atoms with van der Waals surface area (Å²) >= 11 is 0. The van der Waals surface area contributed by atoms with Crippen molar-refractivity contribution in [3.63, 3.8) is 0 Å². The first kappa shape index (κ1) is 12.3. The highest BCUT2D eigenvalue weighted by Gasteiger charge is 2.08. The Bertz CT molecular complexity index is 774. The molecule has 0 unspecified atom stereocenters. The van der Waals surface area contributed by atoms with Crippen LogP contribution in [0.5, 0.6) is 0 Å². The highest BCUT2D eigenvalue weighted by molar-refractivity contribution is 5.92. The van der Waals surface area contributed by atoms with Gasteiger partial charge < -0.3 is 9.67 Å². The van der Waals surface area contributed by atoms with Crippen LogP contribution in [-0.4, -0.2) is 35.8 Å². The van der Waals surface area contributed by atoms with Gasteiger partial charge in [0.15, 0.2) is 5.82 Å². The van der Waals surface area contributed by atoms with Crippen molar-refractivity contribution in [3.8, 4) is 0 Å². The number of carboxylic acid groups (broad SMARTS) is 1. The number of aromatic carboxylic acids is 1. The molecule has 1 aromatic carbocycles. The number of H-pyrrole nitrogens is 1. The summed E-state index contributed by atoms with van der Waals surface area (Å²) in [5.74, 6) is 0.576. The molecule has 0 aliphatic heterocycles. The number of rotatable bonds is 4. The number of nitrogens with one attached hydrogen (secondary N) is 1. The van der Waals surface area contributed by atoms with Crippen LogP contribution in [0.25, 0.3) is 11.0 Å². The Morgan fingerprint density at radius 2 is 2.30 bits per heavy atom. The molecule has 7 heteroatoms. The van der Waals surface area contributed by atoms with E-state index in [1.165, 1.54) is 0 Å². The lowest BCUT2D eigenvalue weighted by molar-refractivity contribution is 0.0697. The fourth-order valence-corrected chi connectivity index (χ4v) is 2.09. The summed E-state index contributed by atoms with van der Waals surface area (Å²) in [6.45, 7) is 2.50. The summed E-state index contributed by atoms with van der Waals surface area (Å²) in [5.41, 5.74) is 1.84. The Kier molecular flexibility index (Phi) is 2.94. The van der Waals surface area contributed by atoms with Gasteiger partial charge in [-0.25, -0.2) is 14.8 Å². The van der Waals surface area contributed by atoms with Crippen LogP contribution >= 0.6 is 0 Å². The van der Waals surface area contributed by atoms with Gasteiger partial charge in [0.1, 0.15) is 5.82 Å². The van der Waals surface area contributed by atoms with E-state index >= 15 is 0 Å². The number of aromatic amines is 1. The average Bonchev–Trinajstić information content (AvgIpc) is 3.02. The maximum atomic E-state index is 11.0. The van der Waals surface area contributed by atoms with E-state index in [1.807, 2.05) is 11.5 Å². The molecule has 0 atom stereocenters. The predicted molar refractivity (Wildman–Crippen MR) is 71.5 cm³/mol. The molecule has 0 aliphatic carbocycles. The molecular formula is C13H13N5O2. The van der Waals surface area contributed by atoms with E-state index in [0.717, 1.165) is 22.7 Å². The quantitative estimate of drug-likeness (QED) is 0.747. The van der Waals surface area contributed by atoms with E-state index in [4.69, 9.17) is 5.11 Å². The van der Waals surface area contributed by atoms with Crippen LogP contribution in [0.3, 0.4) is 0 Å². The summed E-state index contributed by atoms with van der Waals surface area (Å²) in [6, 6.07) is 4.90. The minimum atomic E-state index is -0.941. The molecule has 0 saturated carbocycles. The molecule has 2 N–H and O–H groups in total. The third-order valence-electron chi connectivity index (χ3n) is 3.09. The van der Waals surface area contributed by atoms with Gasteiger partial charge in [0, 0.05) is 13.0 Å². The third-order valence-corrected chi connectivity index (χ3v) is 3.09. The summed E-state index contributed by atoms with van der Waals surface area (Å²) in [7, 11) is 0. The van der Waals surface area contributed by atoms with Crippen molar-refractivity contribution in [1.82, 2.24) is 24.7 Å². The molecular weight excluding hydrogens is 258 g/mol. The van der Waals surface area contributed by atoms with Crippen molar-refractivity contribution in [2.45, 2.75) is 19.9 Å². The van der Waals surface area contributed by atoms with Crippen molar-refractivity contribution >= 4 is 17.0 Å². The molecule has 0 aliphatic rings. The molecule has 0 radical (unpaired) electrons. The smallest absolute Gasteiger partial charge is 0.335 e. The van der Waals surface area contributed by atoms with E-state index < -0.39 is 5.97 Å². The average molecular weight is 271 g/mol. The van der Waals surface area contributed by atoms with Gasteiger partial charge in [0.25, 0.3) is 0 Å². The van der Waals surface area contributed by atoms with Crippen LogP contribution in [-0.2, 0) is 13.0 Å². The summed E-state index contributed by atoms with van der Waals surface area (Å²) in [5, 5.41) is 15.9. The Labute approximate surface area is 114 Å². The Morgan fingerprint density at radius 1 is 1.45 bits per heavy atom. The number of imidazole rings is 1. The van der Waals surface area contributed by atoms with Crippen LogP contribution < -0.4 is 0 Å². The van der Waals surface area contributed by atoms with Crippen molar-refractivity contribution in [2.75, 3.05) is 0 Å². The summed E-state index contributed by atoms with van der Waals surface area (Å²) in [4.78, 5) is 19.5. The second kappa shape index (κ2) is 4.76. The maximum absolute atomic E-state index is 11.0. The lowest BCUT2D eigenvalue weighted by Crippen LogP contribution is -2.02. The van der Waals surface area contributed by atoms with Crippen LogP contribution in [0.15, 0.2) is 24.5 Å². The number of nitrogens with zero attached hydrogens (tertiary/aromatic N) is 4. The molecule has 0 amide bonds. The lowest BCUT2D eigenvalue weighted by Gasteiger charge is -2.02. The van der Waals surface area contributed by atoms with Gasteiger partial charge in [0.05, 0.1) is 22.9 Å². The Morgan fingerprint density at radius 3 is 3.00 bits per heavy atom. The van der Waals surface area contributed by atoms with Crippen LogP contribution in [0, 0.1) is 6.92 Å². The zero-order chi connectivity index (χ0) is 14.1. The van der Waals surface area contributed by atoms with E-state index in [9.17, 15) is 4.79 Å². The van der Waals surface area contributed by atoms with Crippen molar-refractivity contribution in [2.24, 2.45) is 0 Å². The zero-order valence-corrected chi connectivity index (χ0v) is 10.9. The largest absolute Gasteiger partial charge is 0.478 e. The number of carbonyl (C=O) groups is 1. The second-order valence-corrected chi connectivity index (χ2v) is 4.53. The number of benzene rings is 1. The molecule has 0 bridgehead atoms. The van der Waals surface area contributed by atoms with Gasteiger partial charge in [-0.1, -0.05) is 0 Å². The van der Waals surface area contributed by atoms with Crippen LogP contribution in [0.4, 0.5) is 0 Å². The van der Waals surface area contributed by atoms with Crippen LogP contribution in [0.1, 0.15) is 22.0 Å². The first-order valence-corrected chi connectivity index (χ1v) is 6.19. The highest BCUT2D eigenvalue weighted by Crippen LogP contribution is 2.15. The van der Waals surface area contributed by atoms with Gasteiger partial charge in [-0.15, -0.1) is 0 Å². The summed E-state index contributed by atoms with van der Waals surface area (Å²) in [6.07, 6.45) is 2.36. The topological polar surface area (TPSA) is 96.7 Å². The number of aryl methyl sites for hydroxylation is 3. The van der Waals surface area contributed by atoms with Gasteiger partial charge >= 0.3 is 5.97 Å². The van der Waals surface area contributed by atoms with Gasteiger partial charge in [0.2, 0.25) is 0 Å². The zero-order valence-electron chi connectivity index (χ0n) is 10.9. The first-order valence-electron chi connectivity index (χ1n) is 6.19. The molecule has 2 aromatic heterocycles. The standard InChI is InChI=1S/C13H13N5O2/c1-8-15-12(17-16-8)4-5-18-7-14-10-3-2-9(13(19)20)6-11(10)18/h2-3,6-7H,4-5H2,1H3,(H,19,20)(H,15,16,17). The maximum Gasteiger partial charge on any atom is 0.335 e. The normalized spacial score (nSPS) is 11.1. The van der Waals surface area contributed by atoms with E-state index in [-0.39, 0.29) is 5.56 Å². The predicted octanol–water partition coefficient (Wildman–Crippen LogP) is 1.40. The van der Waals surface area contributed by atoms with Crippen LogP contribution in [0.2, 0.25) is 0 Å². The molecule has 102 valence electrons. The minimum Gasteiger partial charge on any atom is -0.478 e. The third kappa shape index (κ3) is 2.25. The molecule has 7 nitrogen and oxygen atoms in total. The van der Waals surface area contributed by atoms with Gasteiger partial charge in [-0.2, -0.15) is 5.10 Å². The Balaban J connectivity index is 1.87. The van der Waals surface area contributed by atoms with Crippen molar-refractivity contribution in [1.29, 1.82) is 0 Å². The second-order valence-electron chi connectivity index (χ2n) is 4.53. The number of carboxylic acids is 1. The number of hydrogen-bond donors (Lipinski definition) is 2. The summed E-state index contributed by atoms with van der Waals surface area (Å²) < 4.78 is 1.91. The fraction of sp³-hybridized carbons (Fsp3) is 0.231. The fourth-order valence-electron chi connectivity index (χ4n) is 2.09. The number of hydrogen-bond acceptors (Lipinski definition) is 4. The van der Waals surface area contributed by atoms with E-state index in [0.29, 0.717) is 13.0 Å². The molecule has 0 fully saturated rings. The van der Waals surface area contributed by atoms with Gasteiger partial charge in [-0.05, 0) is 25.1 Å². The molecule has 0 spiro atoms. The van der Waals surface area contributed by atoms with E-state index in [1.54, 1.807) is 24.5 Å². The van der Waals surface area contributed by atoms with Crippen molar-refractivity contribution in [3.05, 3.63) is 41.7 Å². The molecule has 0 saturated heterocycles. The monoisotopic (exact) mass is 271 g/mol. The number of aromatic nitrogens is 5. The Hall–Kier alpha value is -2.70. The SMILES string of the molecule is Cc1nc(CCn2cnc3ccc(C(=O)O)cc32)n[nH]1. The minimum absolute atomic E-state index is 0.257. The van der Waals surface area contributed by atoms with Gasteiger partial charge in [-0.3, -0.25) is 5.10 Å². The number of fused-ring (bicyclic) bond motifs is 1.